The molecule has 2 N–H and O–H groups in total. The van der Waals surface area contributed by atoms with Gasteiger partial charge in [-0.25, -0.2) is 0 Å². The second-order valence-electron chi connectivity index (χ2n) is 5.20. The van der Waals surface area contributed by atoms with Gasteiger partial charge in [0.15, 0.2) is 0 Å². The molecule has 20 heavy (non-hydrogen) atoms. The fraction of sp³-hybridized carbons (Fsp3) is 0.562. The third kappa shape index (κ3) is 4.85. The van der Waals surface area contributed by atoms with Gasteiger partial charge in [-0.15, -0.1) is 0 Å². The third-order valence-electron chi connectivity index (χ3n) is 3.23. The molecule has 0 radical (unpaired) electrons. The van der Waals surface area contributed by atoms with Crippen molar-refractivity contribution in [2.75, 3.05) is 13.2 Å². The fourth-order valence-electron chi connectivity index (χ4n) is 2.11. The van der Waals surface area contributed by atoms with Crippen molar-refractivity contribution in [3.05, 3.63) is 29.8 Å². The second-order valence-corrected chi connectivity index (χ2v) is 5.20. The van der Waals surface area contributed by atoms with Crippen LogP contribution in [0.25, 0.3) is 0 Å². The molecular formula is C16H25NO3. The highest BCUT2D eigenvalue weighted by molar-refractivity contribution is 5.68. The van der Waals surface area contributed by atoms with Crippen molar-refractivity contribution in [2.45, 2.75) is 45.6 Å². The minimum absolute atomic E-state index is 0.0577. The van der Waals surface area contributed by atoms with E-state index in [-0.39, 0.29) is 6.42 Å². The molecule has 1 rings (SSSR count). The van der Waals surface area contributed by atoms with Gasteiger partial charge in [-0.1, -0.05) is 26.0 Å². The van der Waals surface area contributed by atoms with Crippen molar-refractivity contribution in [3.63, 3.8) is 0 Å². The number of carbonyl (C=O) groups is 1. The van der Waals surface area contributed by atoms with Gasteiger partial charge in [0.2, 0.25) is 0 Å². The minimum Gasteiger partial charge on any atom is -0.494 e. The largest absolute Gasteiger partial charge is 0.494 e. The first-order chi connectivity index (χ1) is 9.51. The van der Waals surface area contributed by atoms with Crippen LogP contribution in [-0.4, -0.2) is 24.2 Å². The first-order valence-electron chi connectivity index (χ1n) is 7.22. The van der Waals surface area contributed by atoms with Crippen molar-refractivity contribution >= 4 is 5.97 Å². The van der Waals surface area contributed by atoms with Crippen molar-refractivity contribution in [2.24, 2.45) is 0 Å². The van der Waals surface area contributed by atoms with E-state index in [2.05, 4.69) is 19.2 Å². The van der Waals surface area contributed by atoms with Gasteiger partial charge in [-0.05, 0) is 44.0 Å². The van der Waals surface area contributed by atoms with Crippen LogP contribution in [-0.2, 0) is 10.3 Å². The van der Waals surface area contributed by atoms with E-state index < -0.39 is 11.5 Å². The number of carboxylic acid groups (broad SMARTS) is 1. The fourth-order valence-corrected chi connectivity index (χ4v) is 2.11. The highest BCUT2D eigenvalue weighted by Crippen LogP contribution is 2.26. The van der Waals surface area contributed by atoms with E-state index in [4.69, 9.17) is 9.84 Å². The van der Waals surface area contributed by atoms with Crippen LogP contribution in [0.1, 0.15) is 45.6 Å². The molecule has 0 bridgehead atoms. The molecule has 112 valence electrons. The number of ether oxygens (including phenoxy) is 1. The van der Waals surface area contributed by atoms with E-state index in [0.717, 1.165) is 30.7 Å². The zero-order valence-electron chi connectivity index (χ0n) is 12.6. The Balaban J connectivity index is 2.87. The molecule has 0 saturated heterocycles. The van der Waals surface area contributed by atoms with Crippen LogP contribution in [0.5, 0.6) is 5.75 Å². The van der Waals surface area contributed by atoms with Crippen LogP contribution in [0, 0.1) is 0 Å². The molecule has 0 amide bonds. The molecular weight excluding hydrogens is 254 g/mol. The predicted octanol–water partition coefficient (Wildman–Crippen LogP) is 3.16. The summed E-state index contributed by atoms with van der Waals surface area (Å²) in [7, 11) is 0. The zero-order valence-corrected chi connectivity index (χ0v) is 12.6. The Morgan fingerprint density at radius 2 is 1.90 bits per heavy atom. The quantitative estimate of drug-likeness (QED) is 0.729. The lowest BCUT2D eigenvalue weighted by atomic mass is 9.88. The van der Waals surface area contributed by atoms with Crippen LogP contribution < -0.4 is 10.1 Å². The molecule has 0 fully saturated rings. The normalized spacial score (nSPS) is 13.8. The van der Waals surface area contributed by atoms with Gasteiger partial charge in [-0.2, -0.15) is 0 Å². The second kappa shape index (κ2) is 7.90. The molecule has 4 heteroatoms. The molecule has 1 atom stereocenters. The third-order valence-corrected chi connectivity index (χ3v) is 3.23. The summed E-state index contributed by atoms with van der Waals surface area (Å²) < 4.78 is 5.55. The van der Waals surface area contributed by atoms with Gasteiger partial charge < -0.3 is 15.2 Å². The summed E-state index contributed by atoms with van der Waals surface area (Å²) in [5.41, 5.74) is 0.419. The Hall–Kier alpha value is -1.55. The highest BCUT2D eigenvalue weighted by Gasteiger charge is 2.28. The minimum atomic E-state index is -0.803. The Kier molecular flexibility index (Phi) is 6.52. The lowest BCUT2D eigenvalue weighted by Crippen LogP contribution is -2.41. The highest BCUT2D eigenvalue weighted by atomic mass is 16.5. The number of nitrogens with one attached hydrogen (secondary N) is 1. The Morgan fingerprint density at radius 1 is 1.25 bits per heavy atom. The van der Waals surface area contributed by atoms with Gasteiger partial charge >= 0.3 is 5.97 Å². The van der Waals surface area contributed by atoms with Crippen molar-refractivity contribution in [1.29, 1.82) is 0 Å². The van der Waals surface area contributed by atoms with Crippen molar-refractivity contribution < 1.29 is 14.6 Å². The van der Waals surface area contributed by atoms with Gasteiger partial charge in [0.05, 0.1) is 18.6 Å². The molecule has 0 aliphatic heterocycles. The lowest BCUT2D eigenvalue weighted by Gasteiger charge is -2.30. The molecule has 4 nitrogen and oxygen atoms in total. The molecule has 1 unspecified atom stereocenters. The van der Waals surface area contributed by atoms with Gasteiger partial charge in [0, 0.05) is 0 Å². The summed E-state index contributed by atoms with van der Waals surface area (Å²) in [5, 5.41) is 12.5. The first kappa shape index (κ1) is 16.5. The lowest BCUT2D eigenvalue weighted by molar-refractivity contribution is -0.138. The smallest absolute Gasteiger partial charge is 0.305 e. The maximum Gasteiger partial charge on any atom is 0.305 e. The summed E-state index contributed by atoms with van der Waals surface area (Å²) in [6, 6.07) is 7.69. The molecule has 0 heterocycles. The average Bonchev–Trinajstić information content (AvgIpc) is 2.42. The topological polar surface area (TPSA) is 58.6 Å². The van der Waals surface area contributed by atoms with Gasteiger partial charge in [-0.3, -0.25) is 4.79 Å². The van der Waals surface area contributed by atoms with Gasteiger partial charge in [0.1, 0.15) is 5.75 Å². The van der Waals surface area contributed by atoms with E-state index in [1.54, 1.807) is 0 Å². The summed E-state index contributed by atoms with van der Waals surface area (Å²) >= 11 is 0. The SMILES string of the molecule is CCCNC(C)(CC(=O)O)c1ccc(OCCC)cc1. The van der Waals surface area contributed by atoms with Crippen LogP contribution in [0.3, 0.4) is 0 Å². The molecule has 1 aromatic carbocycles. The van der Waals surface area contributed by atoms with E-state index in [1.165, 1.54) is 0 Å². The number of benzene rings is 1. The summed E-state index contributed by atoms with van der Waals surface area (Å²) in [6.07, 6.45) is 1.99. The number of hydrogen-bond donors (Lipinski definition) is 2. The molecule has 0 aliphatic carbocycles. The Labute approximate surface area is 121 Å². The van der Waals surface area contributed by atoms with Crippen LogP contribution in [0.4, 0.5) is 0 Å². The maximum atomic E-state index is 11.1. The summed E-state index contributed by atoms with van der Waals surface area (Å²) in [6.45, 7) is 7.54. The van der Waals surface area contributed by atoms with Crippen molar-refractivity contribution in [1.82, 2.24) is 5.32 Å². The number of hydrogen-bond acceptors (Lipinski definition) is 3. The number of aliphatic carboxylic acids is 1. The Bertz CT molecular complexity index is 416. The number of rotatable bonds is 9. The zero-order chi connectivity index (χ0) is 15.0. The molecule has 0 saturated carbocycles. The number of carboxylic acids is 1. The molecule has 0 aromatic heterocycles. The van der Waals surface area contributed by atoms with E-state index in [9.17, 15) is 4.79 Å². The predicted molar refractivity (Wildman–Crippen MR) is 80.1 cm³/mol. The summed E-state index contributed by atoms with van der Waals surface area (Å²) in [5.74, 6) is 0.0196. The monoisotopic (exact) mass is 279 g/mol. The van der Waals surface area contributed by atoms with Crippen LogP contribution in [0.15, 0.2) is 24.3 Å². The van der Waals surface area contributed by atoms with E-state index in [1.807, 2.05) is 31.2 Å². The van der Waals surface area contributed by atoms with Gasteiger partial charge in [0.25, 0.3) is 0 Å². The van der Waals surface area contributed by atoms with Crippen molar-refractivity contribution in [3.8, 4) is 5.75 Å². The molecule has 0 spiro atoms. The standard InChI is InChI=1S/C16H25NO3/c1-4-10-17-16(3,12-15(18)19)13-6-8-14(9-7-13)20-11-5-2/h6-9,17H,4-5,10-12H2,1-3H3,(H,18,19). The van der Waals surface area contributed by atoms with E-state index >= 15 is 0 Å². The first-order valence-corrected chi connectivity index (χ1v) is 7.22. The maximum absolute atomic E-state index is 11.1. The molecule has 0 aliphatic rings. The molecule has 1 aromatic rings. The van der Waals surface area contributed by atoms with E-state index in [0.29, 0.717) is 6.61 Å². The summed E-state index contributed by atoms with van der Waals surface area (Å²) in [4.78, 5) is 11.1. The Morgan fingerprint density at radius 3 is 2.40 bits per heavy atom. The van der Waals surface area contributed by atoms with Crippen LogP contribution >= 0.6 is 0 Å². The average molecular weight is 279 g/mol. The van der Waals surface area contributed by atoms with Crippen LogP contribution in [0.2, 0.25) is 0 Å².